The topological polar surface area (TPSA) is 42.9 Å². The summed E-state index contributed by atoms with van der Waals surface area (Å²) < 4.78 is 0. The number of rotatable bonds is 6. The molecule has 6 heteroatoms. The summed E-state index contributed by atoms with van der Waals surface area (Å²) in [6.45, 7) is 7.67. The first-order chi connectivity index (χ1) is 12.8. The lowest BCUT2D eigenvalue weighted by atomic mass is 10.1. The van der Waals surface area contributed by atoms with E-state index in [1.807, 2.05) is 7.05 Å². The van der Waals surface area contributed by atoms with E-state index in [4.69, 9.17) is 0 Å². The van der Waals surface area contributed by atoms with Gasteiger partial charge in [0.1, 0.15) is 0 Å². The molecule has 2 heterocycles. The zero-order valence-electron chi connectivity index (χ0n) is 16.0. The number of guanidine groups is 1. The standard InChI is InChI=1S/C20H33N5S/c1-21-20(22-9-12-24-10-3-2-4-11-24)23-17-18-5-7-19(8-6-18)25-13-15-26-16-14-25/h5-8H,2-4,9-17H2,1H3,(H2,21,22,23). The molecule has 0 radical (unpaired) electrons. The number of piperidine rings is 1. The van der Waals surface area contributed by atoms with Crippen LogP contribution in [0.3, 0.4) is 0 Å². The number of likely N-dealkylation sites (tertiary alicyclic amines) is 1. The molecule has 2 aliphatic rings. The molecule has 0 aliphatic carbocycles. The normalized spacial score (nSPS) is 19.4. The predicted octanol–water partition coefficient (Wildman–Crippen LogP) is 2.39. The van der Waals surface area contributed by atoms with Crippen molar-refractivity contribution >= 4 is 23.4 Å². The second-order valence-corrected chi connectivity index (χ2v) is 8.25. The summed E-state index contributed by atoms with van der Waals surface area (Å²) in [5.74, 6) is 3.37. The van der Waals surface area contributed by atoms with Crippen LogP contribution in [-0.2, 0) is 6.54 Å². The van der Waals surface area contributed by atoms with Crippen molar-refractivity contribution in [2.45, 2.75) is 25.8 Å². The largest absolute Gasteiger partial charge is 0.370 e. The van der Waals surface area contributed by atoms with Crippen LogP contribution in [0.5, 0.6) is 0 Å². The Balaban J connectivity index is 1.38. The number of thioether (sulfide) groups is 1. The van der Waals surface area contributed by atoms with E-state index < -0.39 is 0 Å². The van der Waals surface area contributed by atoms with Gasteiger partial charge in [-0.2, -0.15) is 11.8 Å². The van der Waals surface area contributed by atoms with Gasteiger partial charge in [-0.1, -0.05) is 18.6 Å². The van der Waals surface area contributed by atoms with E-state index in [9.17, 15) is 0 Å². The van der Waals surface area contributed by atoms with Crippen LogP contribution in [0.4, 0.5) is 5.69 Å². The molecule has 2 aliphatic heterocycles. The van der Waals surface area contributed by atoms with Gasteiger partial charge in [0.25, 0.3) is 0 Å². The maximum Gasteiger partial charge on any atom is 0.191 e. The average Bonchev–Trinajstić information content (AvgIpc) is 2.72. The van der Waals surface area contributed by atoms with Crippen LogP contribution in [0.25, 0.3) is 0 Å². The molecule has 0 bridgehead atoms. The maximum atomic E-state index is 4.34. The lowest BCUT2D eigenvalue weighted by Crippen LogP contribution is -2.42. The lowest BCUT2D eigenvalue weighted by Gasteiger charge is -2.28. The first kappa shape index (κ1) is 19.4. The van der Waals surface area contributed by atoms with Crippen LogP contribution in [0, 0.1) is 0 Å². The van der Waals surface area contributed by atoms with Gasteiger partial charge < -0.3 is 20.4 Å². The number of benzene rings is 1. The van der Waals surface area contributed by atoms with E-state index in [-0.39, 0.29) is 0 Å². The van der Waals surface area contributed by atoms with Gasteiger partial charge in [-0.3, -0.25) is 4.99 Å². The molecular formula is C20H33N5S. The molecule has 26 heavy (non-hydrogen) atoms. The number of nitrogens with zero attached hydrogens (tertiary/aromatic N) is 3. The third-order valence-electron chi connectivity index (χ3n) is 5.17. The zero-order chi connectivity index (χ0) is 18.0. The fraction of sp³-hybridized carbons (Fsp3) is 0.650. The van der Waals surface area contributed by atoms with E-state index in [0.29, 0.717) is 0 Å². The van der Waals surface area contributed by atoms with Crippen molar-refractivity contribution in [1.82, 2.24) is 15.5 Å². The molecule has 1 aromatic rings. The Morgan fingerprint density at radius 1 is 1.00 bits per heavy atom. The number of anilines is 1. The summed E-state index contributed by atoms with van der Waals surface area (Å²) >= 11 is 2.05. The van der Waals surface area contributed by atoms with Crippen LogP contribution in [0.15, 0.2) is 29.3 Å². The first-order valence-electron chi connectivity index (χ1n) is 9.93. The molecule has 2 saturated heterocycles. The Morgan fingerprint density at radius 3 is 2.42 bits per heavy atom. The minimum absolute atomic E-state index is 0.805. The molecule has 5 nitrogen and oxygen atoms in total. The monoisotopic (exact) mass is 375 g/mol. The summed E-state index contributed by atoms with van der Waals surface area (Å²) in [5.41, 5.74) is 2.64. The van der Waals surface area contributed by atoms with Gasteiger partial charge in [-0.15, -0.1) is 0 Å². The van der Waals surface area contributed by atoms with Gasteiger partial charge in [0.15, 0.2) is 5.96 Å². The fourth-order valence-electron chi connectivity index (χ4n) is 3.57. The highest BCUT2D eigenvalue weighted by molar-refractivity contribution is 7.99. The highest BCUT2D eigenvalue weighted by atomic mass is 32.2. The molecule has 144 valence electrons. The highest BCUT2D eigenvalue weighted by Crippen LogP contribution is 2.19. The molecular weight excluding hydrogens is 342 g/mol. The molecule has 2 N–H and O–H groups in total. The van der Waals surface area contributed by atoms with Gasteiger partial charge in [-0.25, -0.2) is 0 Å². The number of aliphatic imine (C=N–C) groups is 1. The number of hydrogen-bond acceptors (Lipinski definition) is 4. The first-order valence-corrected chi connectivity index (χ1v) is 11.1. The quantitative estimate of drug-likeness (QED) is 0.590. The molecule has 0 spiro atoms. The van der Waals surface area contributed by atoms with Gasteiger partial charge >= 0.3 is 0 Å². The second-order valence-electron chi connectivity index (χ2n) is 7.02. The third kappa shape index (κ3) is 6.09. The zero-order valence-corrected chi connectivity index (χ0v) is 16.9. The second kappa shape index (κ2) is 10.7. The van der Waals surface area contributed by atoms with Crippen LogP contribution in [0.2, 0.25) is 0 Å². The van der Waals surface area contributed by atoms with Crippen molar-refractivity contribution in [3.05, 3.63) is 29.8 Å². The maximum absolute atomic E-state index is 4.34. The minimum Gasteiger partial charge on any atom is -0.370 e. The van der Waals surface area contributed by atoms with E-state index in [2.05, 4.69) is 61.5 Å². The molecule has 1 aromatic carbocycles. The molecule has 0 saturated carbocycles. The van der Waals surface area contributed by atoms with Crippen molar-refractivity contribution < 1.29 is 0 Å². The molecule has 0 atom stereocenters. The summed E-state index contributed by atoms with van der Waals surface area (Å²) in [6, 6.07) is 8.95. The molecule has 3 rings (SSSR count). The van der Waals surface area contributed by atoms with Gasteiger partial charge in [0.2, 0.25) is 0 Å². The van der Waals surface area contributed by atoms with Crippen molar-refractivity contribution in [2.75, 3.05) is 62.7 Å². The van der Waals surface area contributed by atoms with E-state index in [1.54, 1.807) is 0 Å². The highest BCUT2D eigenvalue weighted by Gasteiger charge is 2.11. The van der Waals surface area contributed by atoms with Crippen molar-refractivity contribution in [3.8, 4) is 0 Å². The molecule has 0 aromatic heterocycles. The van der Waals surface area contributed by atoms with Crippen LogP contribution < -0.4 is 15.5 Å². The van der Waals surface area contributed by atoms with Gasteiger partial charge in [-0.05, 0) is 43.6 Å². The van der Waals surface area contributed by atoms with Crippen LogP contribution in [0.1, 0.15) is 24.8 Å². The van der Waals surface area contributed by atoms with Crippen LogP contribution >= 0.6 is 11.8 Å². The molecule has 2 fully saturated rings. The SMILES string of the molecule is CN=C(NCCN1CCCCC1)NCc1ccc(N2CCSCC2)cc1. The Kier molecular flexibility index (Phi) is 7.95. The Morgan fingerprint density at radius 2 is 1.73 bits per heavy atom. The Bertz CT molecular complexity index is 548. The lowest BCUT2D eigenvalue weighted by molar-refractivity contribution is 0.232. The Labute approximate surface area is 162 Å². The number of hydrogen-bond donors (Lipinski definition) is 2. The van der Waals surface area contributed by atoms with Crippen molar-refractivity contribution in [2.24, 2.45) is 4.99 Å². The fourth-order valence-corrected chi connectivity index (χ4v) is 4.47. The van der Waals surface area contributed by atoms with E-state index >= 15 is 0 Å². The third-order valence-corrected chi connectivity index (χ3v) is 6.11. The van der Waals surface area contributed by atoms with Gasteiger partial charge in [0.05, 0.1) is 0 Å². The van der Waals surface area contributed by atoms with Gasteiger partial charge in [0, 0.05) is 57.0 Å². The predicted molar refractivity (Wildman–Crippen MR) is 114 cm³/mol. The summed E-state index contributed by atoms with van der Waals surface area (Å²) in [5, 5.41) is 6.86. The summed E-state index contributed by atoms with van der Waals surface area (Å²) in [4.78, 5) is 9.37. The molecule has 0 unspecified atom stereocenters. The molecule has 0 amide bonds. The van der Waals surface area contributed by atoms with E-state index in [1.165, 1.54) is 55.1 Å². The summed E-state index contributed by atoms with van der Waals surface area (Å²) in [6.07, 6.45) is 4.08. The Hall–Kier alpha value is -1.40. The van der Waals surface area contributed by atoms with E-state index in [0.717, 1.165) is 38.7 Å². The van der Waals surface area contributed by atoms with Crippen LogP contribution in [-0.4, -0.2) is 68.7 Å². The van der Waals surface area contributed by atoms with Crippen molar-refractivity contribution in [3.63, 3.8) is 0 Å². The number of nitrogens with one attached hydrogen (secondary N) is 2. The minimum atomic E-state index is 0.805. The average molecular weight is 376 g/mol. The van der Waals surface area contributed by atoms with Crippen molar-refractivity contribution in [1.29, 1.82) is 0 Å². The summed E-state index contributed by atoms with van der Waals surface area (Å²) in [7, 11) is 1.84. The smallest absolute Gasteiger partial charge is 0.191 e.